The van der Waals surface area contributed by atoms with Gasteiger partial charge in [0.1, 0.15) is 6.04 Å². The van der Waals surface area contributed by atoms with E-state index >= 15 is 0 Å². The number of aryl methyl sites for hydroxylation is 1. The fraction of sp³-hybridized carbons (Fsp3) is 0.583. The number of carboxylic acids is 1. The molecule has 1 amide bonds. The summed E-state index contributed by atoms with van der Waals surface area (Å²) in [7, 11) is 1.74. The molecule has 8 nitrogen and oxygen atoms in total. The van der Waals surface area contributed by atoms with Crippen LogP contribution in [0.3, 0.4) is 0 Å². The number of carbonyl (C=O) groups is 2. The Morgan fingerprint density at radius 1 is 1.65 bits per heavy atom. The van der Waals surface area contributed by atoms with Crippen LogP contribution in [0.4, 0.5) is 0 Å². The first-order valence-electron chi connectivity index (χ1n) is 6.37. The van der Waals surface area contributed by atoms with E-state index in [9.17, 15) is 9.59 Å². The second kappa shape index (κ2) is 6.02. The minimum absolute atomic E-state index is 0.260. The number of amides is 1. The highest BCUT2D eigenvalue weighted by Crippen LogP contribution is 2.19. The third kappa shape index (κ3) is 3.34. The Labute approximate surface area is 115 Å². The van der Waals surface area contributed by atoms with Gasteiger partial charge in [-0.25, -0.2) is 4.79 Å². The zero-order chi connectivity index (χ0) is 14.7. The number of ether oxygens (including phenoxy) is 1. The van der Waals surface area contributed by atoms with Crippen LogP contribution in [0.1, 0.15) is 24.4 Å². The average molecular weight is 282 g/mol. The molecule has 3 unspecified atom stereocenters. The summed E-state index contributed by atoms with van der Waals surface area (Å²) < 4.78 is 6.86. The van der Waals surface area contributed by atoms with Crippen LogP contribution in [-0.2, 0) is 21.4 Å². The molecule has 1 saturated heterocycles. The van der Waals surface area contributed by atoms with Gasteiger partial charge in [0.25, 0.3) is 0 Å². The normalized spacial score (nSPS) is 23.5. The molecule has 1 fully saturated rings. The number of hydrogen-bond donors (Lipinski definition) is 3. The lowest BCUT2D eigenvalue weighted by Gasteiger charge is -2.14. The van der Waals surface area contributed by atoms with Crippen molar-refractivity contribution in [1.29, 1.82) is 0 Å². The maximum absolute atomic E-state index is 11.9. The number of nitrogens with zero attached hydrogens (tertiary/aromatic N) is 2. The van der Waals surface area contributed by atoms with E-state index in [1.165, 1.54) is 6.20 Å². The lowest BCUT2D eigenvalue weighted by Crippen LogP contribution is -2.38. The maximum Gasteiger partial charge on any atom is 0.332 e. The van der Waals surface area contributed by atoms with Gasteiger partial charge in [0.15, 0.2) is 6.10 Å². The van der Waals surface area contributed by atoms with Crippen molar-refractivity contribution in [2.45, 2.75) is 31.1 Å². The molecule has 0 saturated carbocycles. The molecule has 1 aliphatic heterocycles. The monoisotopic (exact) mass is 282 g/mol. The number of aromatic nitrogens is 2. The Morgan fingerprint density at radius 2 is 2.40 bits per heavy atom. The fourth-order valence-corrected chi connectivity index (χ4v) is 2.11. The van der Waals surface area contributed by atoms with E-state index in [2.05, 4.69) is 10.4 Å². The minimum Gasteiger partial charge on any atom is -0.479 e. The maximum atomic E-state index is 11.9. The van der Waals surface area contributed by atoms with Gasteiger partial charge < -0.3 is 20.9 Å². The lowest BCUT2D eigenvalue weighted by molar-refractivity contribution is -0.149. The molecule has 3 atom stereocenters. The third-order valence-electron chi connectivity index (χ3n) is 3.25. The lowest BCUT2D eigenvalue weighted by atomic mass is 10.1. The number of hydrogen-bond acceptors (Lipinski definition) is 5. The summed E-state index contributed by atoms with van der Waals surface area (Å²) in [5, 5.41) is 15.4. The van der Waals surface area contributed by atoms with E-state index in [1.807, 2.05) is 0 Å². The largest absolute Gasteiger partial charge is 0.479 e. The molecule has 1 aromatic heterocycles. The van der Waals surface area contributed by atoms with Gasteiger partial charge in [-0.3, -0.25) is 9.48 Å². The molecule has 0 bridgehead atoms. The van der Waals surface area contributed by atoms with E-state index in [1.54, 1.807) is 17.9 Å². The molecule has 2 heterocycles. The van der Waals surface area contributed by atoms with Crippen LogP contribution in [0.15, 0.2) is 12.4 Å². The van der Waals surface area contributed by atoms with Gasteiger partial charge in [0.05, 0.1) is 12.3 Å². The second-order valence-electron chi connectivity index (χ2n) is 4.83. The summed E-state index contributed by atoms with van der Waals surface area (Å²) >= 11 is 0. The van der Waals surface area contributed by atoms with Crippen molar-refractivity contribution in [2.24, 2.45) is 12.8 Å². The molecule has 20 heavy (non-hydrogen) atoms. The number of aliphatic carboxylic acids is 1. The molecular formula is C12H18N4O4. The van der Waals surface area contributed by atoms with Crippen LogP contribution >= 0.6 is 0 Å². The molecule has 0 aromatic carbocycles. The predicted octanol–water partition coefficient (Wildman–Crippen LogP) is -0.832. The van der Waals surface area contributed by atoms with E-state index in [0.29, 0.717) is 18.4 Å². The van der Waals surface area contributed by atoms with Crippen molar-refractivity contribution < 1.29 is 19.4 Å². The first-order chi connectivity index (χ1) is 9.47. The summed E-state index contributed by atoms with van der Waals surface area (Å²) in [5.74, 6) is -1.30. The Morgan fingerprint density at radius 3 is 2.95 bits per heavy atom. The molecule has 110 valence electrons. The van der Waals surface area contributed by atoms with E-state index < -0.39 is 18.1 Å². The highest BCUT2D eigenvalue weighted by atomic mass is 16.5. The Kier molecular flexibility index (Phi) is 4.35. The van der Waals surface area contributed by atoms with Crippen LogP contribution in [0.25, 0.3) is 0 Å². The highest BCUT2D eigenvalue weighted by molar-refractivity contribution is 5.82. The van der Waals surface area contributed by atoms with Crippen molar-refractivity contribution in [3.63, 3.8) is 0 Å². The van der Waals surface area contributed by atoms with Gasteiger partial charge in [-0.05, 0) is 12.8 Å². The summed E-state index contributed by atoms with van der Waals surface area (Å²) in [5.41, 5.74) is 6.44. The van der Waals surface area contributed by atoms with Crippen LogP contribution in [0.2, 0.25) is 0 Å². The molecule has 2 rings (SSSR count). The van der Waals surface area contributed by atoms with Crippen molar-refractivity contribution >= 4 is 11.9 Å². The van der Waals surface area contributed by atoms with Gasteiger partial charge >= 0.3 is 5.97 Å². The third-order valence-corrected chi connectivity index (χ3v) is 3.25. The zero-order valence-corrected chi connectivity index (χ0v) is 11.2. The molecule has 4 N–H and O–H groups in total. The van der Waals surface area contributed by atoms with Crippen LogP contribution in [0.5, 0.6) is 0 Å². The van der Waals surface area contributed by atoms with Crippen molar-refractivity contribution in [3.8, 4) is 0 Å². The number of carbonyl (C=O) groups excluding carboxylic acids is 1. The molecule has 1 aromatic rings. The number of nitrogens with two attached hydrogens (primary N) is 1. The molecule has 8 heteroatoms. The van der Waals surface area contributed by atoms with Gasteiger partial charge in [-0.15, -0.1) is 0 Å². The number of carboxylic acid groups (broad SMARTS) is 1. The first-order valence-corrected chi connectivity index (χ1v) is 6.37. The van der Waals surface area contributed by atoms with Crippen molar-refractivity contribution in [2.75, 3.05) is 6.54 Å². The van der Waals surface area contributed by atoms with Crippen LogP contribution in [-0.4, -0.2) is 45.5 Å². The SMILES string of the molecule is Cn1cc(C(N)C(=O)NCC2CCC(C(=O)O)O2)cn1. The summed E-state index contributed by atoms with van der Waals surface area (Å²) in [6.45, 7) is 0.260. The molecular weight excluding hydrogens is 264 g/mol. The van der Waals surface area contributed by atoms with E-state index in [0.717, 1.165) is 0 Å². The topological polar surface area (TPSA) is 119 Å². The van der Waals surface area contributed by atoms with Gasteiger partial charge in [-0.2, -0.15) is 5.10 Å². The smallest absolute Gasteiger partial charge is 0.332 e. The molecule has 0 aliphatic carbocycles. The Hall–Kier alpha value is -1.93. The first kappa shape index (κ1) is 14.5. The summed E-state index contributed by atoms with van der Waals surface area (Å²) in [6.07, 6.45) is 3.24. The van der Waals surface area contributed by atoms with Gasteiger partial charge in [0.2, 0.25) is 5.91 Å². The summed E-state index contributed by atoms with van der Waals surface area (Å²) in [6, 6.07) is -0.791. The van der Waals surface area contributed by atoms with E-state index in [-0.39, 0.29) is 18.6 Å². The standard InChI is InChI=1S/C12H18N4O4/c1-16-6-7(4-15-16)10(13)11(17)14-5-8-2-3-9(20-8)12(18)19/h4,6,8-10H,2-3,5,13H2,1H3,(H,14,17)(H,18,19). The quantitative estimate of drug-likeness (QED) is 0.648. The Bertz CT molecular complexity index is 501. The number of nitrogens with one attached hydrogen (secondary N) is 1. The summed E-state index contributed by atoms with van der Waals surface area (Å²) in [4.78, 5) is 22.6. The second-order valence-corrected chi connectivity index (χ2v) is 4.83. The van der Waals surface area contributed by atoms with Crippen molar-refractivity contribution in [1.82, 2.24) is 15.1 Å². The highest BCUT2D eigenvalue weighted by Gasteiger charge is 2.30. The molecule has 0 spiro atoms. The number of rotatable bonds is 5. The van der Waals surface area contributed by atoms with Crippen LogP contribution in [0, 0.1) is 0 Å². The predicted molar refractivity (Wildman–Crippen MR) is 68.7 cm³/mol. The van der Waals surface area contributed by atoms with Gasteiger partial charge in [0, 0.05) is 25.4 Å². The molecule has 1 aliphatic rings. The molecule has 0 radical (unpaired) electrons. The van der Waals surface area contributed by atoms with Gasteiger partial charge in [-0.1, -0.05) is 0 Å². The average Bonchev–Trinajstić information content (AvgIpc) is 3.03. The fourth-order valence-electron chi connectivity index (χ4n) is 2.11. The van der Waals surface area contributed by atoms with Crippen molar-refractivity contribution in [3.05, 3.63) is 18.0 Å². The van der Waals surface area contributed by atoms with E-state index in [4.69, 9.17) is 15.6 Å². The van der Waals surface area contributed by atoms with Crippen LogP contribution < -0.4 is 11.1 Å². The minimum atomic E-state index is -0.967. The zero-order valence-electron chi connectivity index (χ0n) is 11.2. The Balaban J connectivity index is 1.79.